The fourth-order valence-electron chi connectivity index (χ4n) is 2.97. The van der Waals surface area contributed by atoms with Gasteiger partial charge >= 0.3 is 0 Å². The minimum Gasteiger partial charge on any atom is -0.492 e. The average Bonchev–Trinajstić information content (AvgIpc) is 3.29. The second-order valence-corrected chi connectivity index (χ2v) is 5.92. The molecule has 1 atom stereocenters. The van der Waals surface area contributed by atoms with Crippen molar-refractivity contribution in [2.24, 2.45) is 5.73 Å². The Bertz CT molecular complexity index is 996. The lowest BCUT2D eigenvalue weighted by molar-refractivity contribution is -0.117. The number of nitrogens with two attached hydrogens (primary N) is 1. The Kier molecular flexibility index (Phi) is 3.89. The molecule has 1 aromatic heterocycles. The third-order valence-electron chi connectivity index (χ3n) is 4.27. The topological polar surface area (TPSA) is 99.2 Å². The van der Waals surface area contributed by atoms with Crippen molar-refractivity contribution in [3.63, 3.8) is 0 Å². The number of aromatic nitrogens is 2. The van der Waals surface area contributed by atoms with Crippen LogP contribution in [0.3, 0.4) is 0 Å². The number of rotatable bonds is 4. The number of ether oxygens (including phenoxy) is 1. The van der Waals surface area contributed by atoms with E-state index in [4.69, 9.17) is 10.5 Å². The molecule has 0 saturated heterocycles. The van der Waals surface area contributed by atoms with Crippen molar-refractivity contribution in [3.05, 3.63) is 72.1 Å². The molecule has 0 radical (unpaired) electrons. The molecule has 2 aromatic carbocycles. The van der Waals surface area contributed by atoms with E-state index >= 15 is 0 Å². The standard InChI is InChI=1S/C19H16N4O3/c20-18(24)15-9-10-23(22-15)16-7-3-2-6-14(16)21-19(25)13-11-26-17-8-4-1-5-12(13)17/h1-10,13H,11H2,(H2,20,24)(H,21,25)/t13-/m0/s1. The number of hydrogen-bond donors (Lipinski definition) is 2. The predicted molar refractivity (Wildman–Crippen MR) is 95.4 cm³/mol. The summed E-state index contributed by atoms with van der Waals surface area (Å²) in [6, 6.07) is 16.3. The predicted octanol–water partition coefficient (Wildman–Crippen LogP) is 2.09. The fourth-order valence-corrected chi connectivity index (χ4v) is 2.97. The number of para-hydroxylation sites is 3. The first-order valence-electron chi connectivity index (χ1n) is 8.11. The molecule has 7 heteroatoms. The van der Waals surface area contributed by atoms with Crippen LogP contribution in [0.4, 0.5) is 5.69 Å². The van der Waals surface area contributed by atoms with Crippen LogP contribution in [0.5, 0.6) is 5.75 Å². The number of nitrogens with zero attached hydrogens (tertiary/aromatic N) is 2. The minimum absolute atomic E-state index is 0.157. The van der Waals surface area contributed by atoms with Crippen LogP contribution >= 0.6 is 0 Å². The van der Waals surface area contributed by atoms with Gasteiger partial charge in [-0.05, 0) is 24.3 Å². The maximum absolute atomic E-state index is 12.8. The lowest BCUT2D eigenvalue weighted by Crippen LogP contribution is -2.23. The first-order valence-corrected chi connectivity index (χ1v) is 8.11. The molecule has 3 aromatic rings. The molecule has 0 spiro atoms. The lowest BCUT2D eigenvalue weighted by atomic mass is 10.0. The van der Waals surface area contributed by atoms with Gasteiger partial charge in [0.25, 0.3) is 5.91 Å². The number of carbonyl (C=O) groups excluding carboxylic acids is 2. The Morgan fingerprint density at radius 2 is 1.88 bits per heavy atom. The summed E-state index contributed by atoms with van der Waals surface area (Å²) in [6.45, 7) is 0.306. The number of primary amides is 1. The van der Waals surface area contributed by atoms with Crippen molar-refractivity contribution >= 4 is 17.5 Å². The Labute approximate surface area is 149 Å². The van der Waals surface area contributed by atoms with Crippen LogP contribution in [-0.2, 0) is 4.79 Å². The van der Waals surface area contributed by atoms with Gasteiger partial charge in [0.05, 0.1) is 11.4 Å². The molecule has 1 aliphatic rings. The summed E-state index contributed by atoms with van der Waals surface area (Å²) >= 11 is 0. The molecule has 7 nitrogen and oxygen atoms in total. The zero-order valence-corrected chi connectivity index (χ0v) is 13.8. The van der Waals surface area contributed by atoms with Crippen molar-refractivity contribution in [2.45, 2.75) is 5.92 Å². The molecule has 26 heavy (non-hydrogen) atoms. The third kappa shape index (κ3) is 2.79. The van der Waals surface area contributed by atoms with Gasteiger partial charge in [-0.2, -0.15) is 5.10 Å². The van der Waals surface area contributed by atoms with Crippen LogP contribution in [0.1, 0.15) is 22.0 Å². The highest BCUT2D eigenvalue weighted by atomic mass is 16.5. The molecule has 0 fully saturated rings. The highest BCUT2D eigenvalue weighted by Gasteiger charge is 2.30. The van der Waals surface area contributed by atoms with Gasteiger partial charge in [-0.1, -0.05) is 30.3 Å². The molecule has 0 unspecified atom stereocenters. The third-order valence-corrected chi connectivity index (χ3v) is 4.27. The van der Waals surface area contributed by atoms with Gasteiger partial charge in [-0.25, -0.2) is 4.68 Å². The summed E-state index contributed by atoms with van der Waals surface area (Å²) in [6.07, 6.45) is 1.62. The number of amides is 2. The van der Waals surface area contributed by atoms with Crippen LogP contribution < -0.4 is 15.8 Å². The quantitative estimate of drug-likeness (QED) is 0.754. The van der Waals surface area contributed by atoms with Crippen molar-refractivity contribution in [1.82, 2.24) is 9.78 Å². The van der Waals surface area contributed by atoms with Crippen LogP contribution in [-0.4, -0.2) is 28.2 Å². The van der Waals surface area contributed by atoms with Gasteiger partial charge in [-0.3, -0.25) is 9.59 Å². The maximum atomic E-state index is 12.8. The van der Waals surface area contributed by atoms with Crippen LogP contribution in [0.15, 0.2) is 60.8 Å². The van der Waals surface area contributed by atoms with Gasteiger partial charge in [0, 0.05) is 11.8 Å². The van der Waals surface area contributed by atoms with Crippen LogP contribution in [0.2, 0.25) is 0 Å². The van der Waals surface area contributed by atoms with E-state index in [1.54, 1.807) is 18.3 Å². The summed E-state index contributed by atoms with van der Waals surface area (Å²) in [5, 5.41) is 7.08. The highest BCUT2D eigenvalue weighted by Crippen LogP contribution is 2.34. The van der Waals surface area contributed by atoms with Crippen molar-refractivity contribution in [3.8, 4) is 11.4 Å². The molecule has 4 rings (SSSR count). The second kappa shape index (κ2) is 6.36. The molecular weight excluding hydrogens is 332 g/mol. The first-order chi connectivity index (χ1) is 12.6. The molecular formula is C19H16N4O3. The van der Waals surface area contributed by atoms with E-state index < -0.39 is 5.91 Å². The number of nitrogens with one attached hydrogen (secondary N) is 1. The summed E-state index contributed by atoms with van der Waals surface area (Å²) in [4.78, 5) is 24.0. The van der Waals surface area contributed by atoms with E-state index in [1.165, 1.54) is 10.7 Å². The molecule has 3 N–H and O–H groups in total. The molecule has 0 aliphatic carbocycles. The van der Waals surface area contributed by atoms with Crippen molar-refractivity contribution in [2.75, 3.05) is 11.9 Å². The Morgan fingerprint density at radius 1 is 1.12 bits per heavy atom. The molecule has 2 heterocycles. The monoisotopic (exact) mass is 348 g/mol. The Balaban J connectivity index is 1.61. The molecule has 2 amide bonds. The minimum atomic E-state index is -0.607. The SMILES string of the molecule is NC(=O)c1ccn(-c2ccccc2NC(=O)[C@H]2COc3ccccc32)n1. The summed E-state index contributed by atoms with van der Waals surface area (Å²) in [7, 11) is 0. The lowest BCUT2D eigenvalue weighted by Gasteiger charge is -2.14. The fraction of sp³-hybridized carbons (Fsp3) is 0.105. The number of hydrogen-bond acceptors (Lipinski definition) is 4. The zero-order chi connectivity index (χ0) is 18.1. The van der Waals surface area contributed by atoms with Crippen LogP contribution in [0.25, 0.3) is 5.69 Å². The van der Waals surface area contributed by atoms with Gasteiger partial charge in [-0.15, -0.1) is 0 Å². The van der Waals surface area contributed by atoms with Crippen molar-refractivity contribution in [1.29, 1.82) is 0 Å². The van der Waals surface area contributed by atoms with E-state index in [9.17, 15) is 9.59 Å². The molecule has 1 aliphatic heterocycles. The summed E-state index contributed by atoms with van der Waals surface area (Å²) in [5.41, 5.74) is 7.51. The molecule has 0 saturated carbocycles. The smallest absolute Gasteiger partial charge is 0.269 e. The average molecular weight is 348 g/mol. The van der Waals surface area contributed by atoms with Gasteiger partial charge in [0.1, 0.15) is 24.0 Å². The summed E-state index contributed by atoms with van der Waals surface area (Å²) < 4.78 is 7.09. The second-order valence-electron chi connectivity index (χ2n) is 5.92. The number of benzene rings is 2. The highest BCUT2D eigenvalue weighted by molar-refractivity contribution is 5.98. The number of carbonyl (C=O) groups is 2. The van der Waals surface area contributed by atoms with E-state index in [2.05, 4.69) is 10.4 Å². The van der Waals surface area contributed by atoms with Gasteiger partial charge in [0.15, 0.2) is 0 Å². The Morgan fingerprint density at radius 3 is 2.69 bits per heavy atom. The van der Waals surface area contributed by atoms with Gasteiger partial charge in [0.2, 0.25) is 5.91 Å². The largest absolute Gasteiger partial charge is 0.492 e. The Hall–Kier alpha value is -3.61. The molecule has 0 bridgehead atoms. The summed E-state index contributed by atoms with van der Waals surface area (Å²) in [5.74, 6) is -0.410. The van der Waals surface area contributed by atoms with Crippen LogP contribution in [0, 0.1) is 0 Å². The first kappa shape index (κ1) is 15.9. The van der Waals surface area contributed by atoms with Gasteiger partial charge < -0.3 is 15.8 Å². The van der Waals surface area contributed by atoms with E-state index in [-0.39, 0.29) is 17.5 Å². The molecule has 130 valence electrons. The van der Waals surface area contributed by atoms with E-state index in [0.29, 0.717) is 18.0 Å². The van der Waals surface area contributed by atoms with E-state index in [0.717, 1.165) is 11.3 Å². The van der Waals surface area contributed by atoms with E-state index in [1.807, 2.05) is 36.4 Å². The van der Waals surface area contributed by atoms with Crippen molar-refractivity contribution < 1.29 is 14.3 Å². The normalized spacial score (nSPS) is 15.2. The number of anilines is 1. The maximum Gasteiger partial charge on any atom is 0.269 e. The zero-order valence-electron chi connectivity index (χ0n) is 13.8. The number of fused-ring (bicyclic) bond motifs is 1.